The molecular formula is C35H56O7. The van der Waals surface area contributed by atoms with Gasteiger partial charge in [0.25, 0.3) is 0 Å². The maximum atomic E-state index is 13.1. The summed E-state index contributed by atoms with van der Waals surface area (Å²) in [5, 5.41) is 58.3. The molecule has 0 radical (unpaired) electrons. The third-order valence-corrected chi connectivity index (χ3v) is 14.5. The van der Waals surface area contributed by atoms with Gasteiger partial charge in [0, 0.05) is 11.0 Å². The summed E-state index contributed by atoms with van der Waals surface area (Å²) in [6.07, 6.45) is 3.34. The van der Waals surface area contributed by atoms with E-state index in [-0.39, 0.29) is 28.3 Å². The van der Waals surface area contributed by atoms with E-state index >= 15 is 0 Å². The first kappa shape index (κ1) is 32.2. The molecule has 5 aliphatic carbocycles. The molecule has 7 heteroatoms. The van der Waals surface area contributed by atoms with Crippen LogP contribution in [0.4, 0.5) is 0 Å². The fourth-order valence-corrected chi connectivity index (χ4v) is 11.4. The van der Waals surface area contributed by atoms with E-state index < -0.39 is 59.2 Å². The van der Waals surface area contributed by atoms with Crippen molar-refractivity contribution in [1.82, 2.24) is 0 Å². The predicted molar refractivity (Wildman–Crippen MR) is 161 cm³/mol. The molecule has 12 atom stereocenters. The van der Waals surface area contributed by atoms with Crippen LogP contribution in [0.25, 0.3) is 0 Å². The van der Waals surface area contributed by atoms with E-state index in [2.05, 4.69) is 40.7 Å². The third-order valence-electron chi connectivity index (χ3n) is 14.5. The largest absolute Gasteiger partial charge is 0.455 e. The number of carbonyl (C=O) groups is 1. The van der Waals surface area contributed by atoms with Gasteiger partial charge >= 0.3 is 5.97 Å². The molecule has 238 valence electrons. The van der Waals surface area contributed by atoms with Crippen molar-refractivity contribution in [3.8, 4) is 0 Å². The molecular weight excluding hydrogens is 532 g/mol. The quantitative estimate of drug-likeness (QED) is 0.186. The molecule has 7 nitrogen and oxygen atoms in total. The molecule has 5 N–H and O–H groups in total. The van der Waals surface area contributed by atoms with Gasteiger partial charge in [-0.1, -0.05) is 66.2 Å². The van der Waals surface area contributed by atoms with Crippen molar-refractivity contribution >= 4 is 5.97 Å². The van der Waals surface area contributed by atoms with Crippen LogP contribution in [0.15, 0.2) is 23.3 Å². The molecule has 42 heavy (non-hydrogen) atoms. The van der Waals surface area contributed by atoms with Crippen molar-refractivity contribution in [3.05, 3.63) is 23.3 Å². The second-order valence-electron chi connectivity index (χ2n) is 16.7. The summed E-state index contributed by atoms with van der Waals surface area (Å²) in [7, 11) is 0. The number of aliphatic hydroxyl groups is 5. The number of allylic oxidation sites excluding steroid dienone is 2. The minimum absolute atomic E-state index is 0.0406. The first-order chi connectivity index (χ1) is 19.3. The van der Waals surface area contributed by atoms with E-state index in [1.807, 2.05) is 13.8 Å². The molecule has 0 bridgehead atoms. The van der Waals surface area contributed by atoms with Crippen LogP contribution < -0.4 is 0 Å². The highest BCUT2D eigenvalue weighted by atomic mass is 16.6. The Kier molecular flexibility index (Phi) is 7.56. The molecule has 5 aliphatic rings. The lowest BCUT2D eigenvalue weighted by Crippen LogP contribution is -2.76. The van der Waals surface area contributed by atoms with E-state index in [0.717, 1.165) is 37.7 Å². The van der Waals surface area contributed by atoms with Gasteiger partial charge in [-0.15, -0.1) is 0 Å². The Morgan fingerprint density at radius 2 is 1.60 bits per heavy atom. The lowest BCUT2D eigenvalue weighted by atomic mass is 9.32. The molecule has 5 rings (SSSR count). The molecule has 0 amide bonds. The van der Waals surface area contributed by atoms with Gasteiger partial charge in [-0.05, 0) is 91.8 Å². The average Bonchev–Trinajstić information content (AvgIpc) is 2.92. The summed E-state index contributed by atoms with van der Waals surface area (Å²) in [6, 6.07) is 0. The van der Waals surface area contributed by atoms with Gasteiger partial charge < -0.3 is 30.3 Å². The Bertz CT molecular complexity index is 1170. The summed E-state index contributed by atoms with van der Waals surface area (Å²) in [5.41, 5.74) is -2.12. The minimum atomic E-state index is -1.45. The van der Waals surface area contributed by atoms with Gasteiger partial charge in [-0.25, -0.2) is 4.79 Å². The molecule has 4 saturated carbocycles. The number of ether oxygens (including phenoxy) is 1. The topological polar surface area (TPSA) is 127 Å². The standard InChI is InChI=1S/C35H56O7/c1-10-19(2)29(41)42-28-27(40)30(3,4)17-21-20-11-12-23-32(7)15-14-24(37)31(5,6)22(32)13-16-33(23,8)34(20,9)25(38)26(39)35(21,28)18-36/h10-11,21-28,36-40H,12-18H2,1-9H3/b19-10-/t21-,22-,23+,24-,25-,26+,27-,28-,32-,33+,34-,35-/m0/s1. The first-order valence-electron chi connectivity index (χ1n) is 16.2. The number of carbonyl (C=O) groups excluding carboxylic acids is 1. The van der Waals surface area contributed by atoms with Gasteiger partial charge in [0.2, 0.25) is 0 Å². The van der Waals surface area contributed by atoms with Crippen molar-refractivity contribution in [3.63, 3.8) is 0 Å². The Balaban J connectivity index is 1.67. The Morgan fingerprint density at radius 1 is 0.952 bits per heavy atom. The van der Waals surface area contributed by atoms with Crippen LogP contribution in [0, 0.1) is 50.2 Å². The summed E-state index contributed by atoms with van der Waals surface area (Å²) < 4.78 is 6.00. The number of fused-ring (bicyclic) bond motifs is 7. The first-order valence-corrected chi connectivity index (χ1v) is 16.2. The number of rotatable bonds is 3. The smallest absolute Gasteiger partial charge is 0.333 e. The molecule has 0 aromatic heterocycles. The zero-order valence-corrected chi connectivity index (χ0v) is 27.3. The average molecular weight is 589 g/mol. The number of hydrogen-bond donors (Lipinski definition) is 5. The Morgan fingerprint density at radius 3 is 2.19 bits per heavy atom. The zero-order valence-electron chi connectivity index (χ0n) is 27.3. The van der Waals surface area contributed by atoms with Gasteiger partial charge in [-0.3, -0.25) is 0 Å². The van der Waals surface area contributed by atoms with Gasteiger partial charge in [-0.2, -0.15) is 0 Å². The molecule has 0 aromatic carbocycles. The molecule has 4 fully saturated rings. The highest BCUT2D eigenvalue weighted by Crippen LogP contribution is 2.75. The van der Waals surface area contributed by atoms with E-state index in [4.69, 9.17) is 4.74 Å². The minimum Gasteiger partial charge on any atom is -0.455 e. The Hall–Kier alpha value is -1.25. The summed E-state index contributed by atoms with van der Waals surface area (Å²) >= 11 is 0. The van der Waals surface area contributed by atoms with Gasteiger partial charge in [0.05, 0.1) is 36.4 Å². The maximum Gasteiger partial charge on any atom is 0.333 e. The van der Waals surface area contributed by atoms with Crippen molar-refractivity contribution in [2.24, 2.45) is 50.2 Å². The zero-order chi connectivity index (χ0) is 31.4. The summed E-state index contributed by atoms with van der Waals surface area (Å²) in [6.45, 7) is 17.9. The fraction of sp³-hybridized carbons (Fsp3) is 0.857. The van der Waals surface area contributed by atoms with Crippen molar-refractivity contribution < 1.29 is 35.1 Å². The van der Waals surface area contributed by atoms with Crippen LogP contribution in [0.3, 0.4) is 0 Å². The van der Waals surface area contributed by atoms with E-state index in [0.29, 0.717) is 17.9 Å². The molecule has 0 aromatic rings. The second kappa shape index (κ2) is 9.87. The van der Waals surface area contributed by atoms with E-state index in [1.165, 1.54) is 0 Å². The van der Waals surface area contributed by atoms with Crippen LogP contribution in [0.5, 0.6) is 0 Å². The van der Waals surface area contributed by atoms with Crippen LogP contribution in [0.1, 0.15) is 101 Å². The SMILES string of the molecule is C/C=C(/C)C(=O)O[C@H]1[C@H](O)C(C)(C)C[C@H]2C3=CC[C@@H]4[C@@]5(C)CC[C@H](O)C(C)(C)[C@@H]5CC[C@@]4(C)[C@]3(C)[C@@H](O)[C@@H](O)[C@]21CO. The number of aliphatic hydroxyl groups excluding tert-OH is 5. The predicted octanol–water partition coefficient (Wildman–Crippen LogP) is 4.54. The van der Waals surface area contributed by atoms with Gasteiger partial charge in [0.15, 0.2) is 0 Å². The highest BCUT2D eigenvalue weighted by Gasteiger charge is 2.75. The monoisotopic (exact) mass is 588 g/mol. The molecule has 0 saturated heterocycles. The van der Waals surface area contributed by atoms with Gasteiger partial charge in [0.1, 0.15) is 6.10 Å². The van der Waals surface area contributed by atoms with Crippen LogP contribution in [0.2, 0.25) is 0 Å². The van der Waals surface area contributed by atoms with Crippen LogP contribution >= 0.6 is 0 Å². The normalized spacial score (nSPS) is 51.3. The molecule has 0 spiro atoms. The van der Waals surface area contributed by atoms with E-state index in [9.17, 15) is 30.3 Å². The number of esters is 1. The summed E-state index contributed by atoms with van der Waals surface area (Å²) in [5.74, 6) is -0.421. The molecule has 0 unspecified atom stereocenters. The Labute approximate surface area is 252 Å². The third kappa shape index (κ3) is 3.79. The lowest BCUT2D eigenvalue weighted by molar-refractivity contribution is -0.290. The highest BCUT2D eigenvalue weighted by molar-refractivity contribution is 5.87. The van der Waals surface area contributed by atoms with E-state index in [1.54, 1.807) is 19.9 Å². The maximum absolute atomic E-state index is 13.1. The van der Waals surface area contributed by atoms with Crippen LogP contribution in [-0.4, -0.2) is 68.6 Å². The van der Waals surface area contributed by atoms with Crippen LogP contribution in [-0.2, 0) is 9.53 Å². The van der Waals surface area contributed by atoms with Crippen molar-refractivity contribution in [2.75, 3.05) is 6.61 Å². The summed E-state index contributed by atoms with van der Waals surface area (Å²) in [4.78, 5) is 13.1. The van der Waals surface area contributed by atoms with Crippen molar-refractivity contribution in [1.29, 1.82) is 0 Å². The molecule has 0 aliphatic heterocycles. The fourth-order valence-electron chi connectivity index (χ4n) is 11.4. The number of hydrogen-bond acceptors (Lipinski definition) is 7. The second-order valence-corrected chi connectivity index (χ2v) is 16.7. The lowest BCUT2D eigenvalue weighted by Gasteiger charge is -2.73. The van der Waals surface area contributed by atoms with Crippen molar-refractivity contribution in [2.45, 2.75) is 131 Å². The molecule has 0 heterocycles.